The van der Waals surface area contributed by atoms with Crippen molar-refractivity contribution in [3.8, 4) is 5.75 Å². The first-order chi connectivity index (χ1) is 11.9. The van der Waals surface area contributed by atoms with Crippen LogP contribution >= 0.6 is 0 Å². The van der Waals surface area contributed by atoms with Gasteiger partial charge in [-0.15, -0.1) is 0 Å². The van der Waals surface area contributed by atoms with E-state index in [0.29, 0.717) is 22.8 Å². The Labute approximate surface area is 149 Å². The number of nitrogens with zero attached hydrogens (tertiary/aromatic N) is 3. The van der Waals surface area contributed by atoms with Gasteiger partial charge in [0.25, 0.3) is 0 Å². The Morgan fingerprint density at radius 2 is 1.80 bits per heavy atom. The largest absolute Gasteiger partial charge is 0.497 e. The Bertz CT molecular complexity index is 829. The lowest BCUT2D eigenvalue weighted by atomic mass is 10.2. The maximum atomic E-state index is 12.8. The molecule has 0 bridgehead atoms. The molecule has 0 fully saturated rings. The van der Waals surface area contributed by atoms with E-state index >= 15 is 0 Å². The average Bonchev–Trinajstić information content (AvgIpc) is 2.63. The summed E-state index contributed by atoms with van der Waals surface area (Å²) < 4.78 is 30.6. The molecule has 0 atom stereocenters. The Morgan fingerprint density at radius 3 is 2.32 bits per heavy atom. The van der Waals surface area contributed by atoms with E-state index in [4.69, 9.17) is 4.74 Å². The number of sulfone groups is 1. The summed E-state index contributed by atoms with van der Waals surface area (Å²) in [5, 5.41) is -0.178. The third-order valence-electron chi connectivity index (χ3n) is 3.80. The molecule has 6 nitrogen and oxygen atoms in total. The molecular formula is C18H23N3O3S. The zero-order valence-electron chi connectivity index (χ0n) is 14.8. The highest BCUT2D eigenvalue weighted by Gasteiger charge is 2.21. The van der Waals surface area contributed by atoms with Crippen molar-refractivity contribution in [2.24, 2.45) is 0 Å². The maximum Gasteiger partial charge on any atom is 0.249 e. The van der Waals surface area contributed by atoms with E-state index in [9.17, 15) is 8.42 Å². The van der Waals surface area contributed by atoms with Crippen molar-refractivity contribution in [3.05, 3.63) is 48.2 Å². The molecule has 0 amide bonds. The van der Waals surface area contributed by atoms with Gasteiger partial charge in [-0.2, -0.15) is 0 Å². The number of rotatable bonds is 8. The number of methoxy groups -OCH3 is 1. The summed E-state index contributed by atoms with van der Waals surface area (Å²) in [6.07, 6.45) is 1.53. The smallest absolute Gasteiger partial charge is 0.249 e. The normalized spacial score (nSPS) is 11.2. The van der Waals surface area contributed by atoms with Gasteiger partial charge in [0.05, 0.1) is 18.6 Å². The van der Waals surface area contributed by atoms with E-state index in [1.807, 2.05) is 18.7 Å². The lowest BCUT2D eigenvalue weighted by molar-refractivity contribution is 0.414. The second kappa shape index (κ2) is 8.11. The molecule has 0 saturated heterocycles. The summed E-state index contributed by atoms with van der Waals surface area (Å²) in [4.78, 5) is 10.4. The number of benzene rings is 1. The van der Waals surface area contributed by atoms with Gasteiger partial charge in [-0.1, -0.05) is 18.7 Å². The van der Waals surface area contributed by atoms with Crippen LogP contribution in [0, 0.1) is 0 Å². The molecule has 0 aliphatic heterocycles. The quantitative estimate of drug-likeness (QED) is 0.673. The van der Waals surface area contributed by atoms with Crippen molar-refractivity contribution in [1.29, 1.82) is 0 Å². The van der Waals surface area contributed by atoms with E-state index in [0.717, 1.165) is 13.1 Å². The number of ether oxygens (including phenoxy) is 1. The van der Waals surface area contributed by atoms with E-state index in [-0.39, 0.29) is 10.9 Å². The minimum Gasteiger partial charge on any atom is -0.497 e. The predicted octanol–water partition coefficient (Wildman–Crippen LogP) is 2.95. The standard InChI is InChI=1S/C18H23N3O3S/c1-5-15-12-17(21(6-2)7-3)20-18(19-15)25(22,23)13-14-8-10-16(24-4)11-9-14/h5,8-12H,1,6-7,13H2,2-4H3. The van der Waals surface area contributed by atoms with Gasteiger partial charge in [0.1, 0.15) is 11.6 Å². The Hall–Kier alpha value is -2.41. The molecule has 0 saturated carbocycles. The Balaban J connectivity index is 2.39. The Morgan fingerprint density at radius 1 is 1.16 bits per heavy atom. The lowest BCUT2D eigenvalue weighted by Gasteiger charge is -2.20. The molecule has 0 N–H and O–H groups in total. The van der Waals surface area contributed by atoms with E-state index in [1.54, 1.807) is 37.4 Å². The monoisotopic (exact) mass is 361 g/mol. The van der Waals surface area contributed by atoms with Gasteiger partial charge < -0.3 is 9.64 Å². The molecule has 134 valence electrons. The van der Waals surface area contributed by atoms with Crippen LogP contribution in [0.15, 0.2) is 42.1 Å². The highest BCUT2D eigenvalue weighted by molar-refractivity contribution is 7.90. The van der Waals surface area contributed by atoms with Crippen LogP contribution in [0.5, 0.6) is 5.75 Å². The van der Waals surface area contributed by atoms with Crippen molar-refractivity contribution in [2.75, 3.05) is 25.1 Å². The summed E-state index contributed by atoms with van der Waals surface area (Å²) in [6.45, 7) is 9.12. The summed E-state index contributed by atoms with van der Waals surface area (Å²) in [5.74, 6) is 1.09. The topological polar surface area (TPSA) is 72.4 Å². The fraction of sp³-hybridized carbons (Fsp3) is 0.333. The van der Waals surface area contributed by atoms with Gasteiger partial charge in [0.2, 0.25) is 15.0 Å². The molecule has 1 aromatic heterocycles. The van der Waals surface area contributed by atoms with Crippen molar-refractivity contribution in [2.45, 2.75) is 24.8 Å². The first kappa shape index (κ1) is 18.9. The summed E-state index contributed by atoms with van der Waals surface area (Å²) >= 11 is 0. The fourth-order valence-electron chi connectivity index (χ4n) is 2.39. The van der Waals surface area contributed by atoms with E-state index in [2.05, 4.69) is 16.5 Å². The van der Waals surface area contributed by atoms with Gasteiger partial charge in [-0.25, -0.2) is 18.4 Å². The van der Waals surface area contributed by atoms with Crippen molar-refractivity contribution >= 4 is 21.7 Å². The molecule has 0 unspecified atom stereocenters. The highest BCUT2D eigenvalue weighted by atomic mass is 32.2. The molecular weight excluding hydrogens is 338 g/mol. The molecule has 1 aromatic carbocycles. The fourth-order valence-corrected chi connectivity index (χ4v) is 3.63. The molecule has 2 aromatic rings. The summed E-state index contributed by atoms with van der Waals surface area (Å²) in [7, 11) is -2.11. The first-order valence-electron chi connectivity index (χ1n) is 8.05. The summed E-state index contributed by atoms with van der Waals surface area (Å²) in [5.41, 5.74) is 1.14. The van der Waals surface area contributed by atoms with Crippen LogP contribution in [0.1, 0.15) is 25.1 Å². The SMILES string of the molecule is C=Cc1cc(N(CC)CC)nc(S(=O)(=O)Cc2ccc(OC)cc2)n1. The van der Waals surface area contributed by atoms with Crippen LogP contribution in [0.4, 0.5) is 5.82 Å². The third-order valence-corrected chi connectivity index (χ3v) is 5.25. The zero-order chi connectivity index (χ0) is 18.4. The molecule has 25 heavy (non-hydrogen) atoms. The van der Waals surface area contributed by atoms with Gasteiger partial charge in [0, 0.05) is 19.2 Å². The van der Waals surface area contributed by atoms with E-state index in [1.165, 1.54) is 6.08 Å². The van der Waals surface area contributed by atoms with Gasteiger partial charge in [0.15, 0.2) is 0 Å². The second-order valence-corrected chi connectivity index (χ2v) is 7.30. The molecule has 7 heteroatoms. The minimum atomic E-state index is -3.68. The van der Waals surface area contributed by atoms with Crippen LogP contribution in [-0.4, -0.2) is 38.6 Å². The molecule has 0 aliphatic carbocycles. The number of hydrogen-bond donors (Lipinski definition) is 0. The van der Waals surface area contributed by atoms with E-state index < -0.39 is 9.84 Å². The zero-order valence-corrected chi connectivity index (χ0v) is 15.6. The second-order valence-electron chi connectivity index (χ2n) is 5.42. The van der Waals surface area contributed by atoms with Crippen molar-refractivity contribution < 1.29 is 13.2 Å². The predicted molar refractivity (Wildman–Crippen MR) is 99.6 cm³/mol. The van der Waals surface area contributed by atoms with Crippen LogP contribution in [0.2, 0.25) is 0 Å². The number of anilines is 1. The maximum absolute atomic E-state index is 12.8. The van der Waals surface area contributed by atoms with Crippen LogP contribution < -0.4 is 9.64 Å². The van der Waals surface area contributed by atoms with Crippen LogP contribution in [-0.2, 0) is 15.6 Å². The molecule has 0 radical (unpaired) electrons. The lowest BCUT2D eigenvalue weighted by Crippen LogP contribution is -2.24. The van der Waals surface area contributed by atoms with Crippen molar-refractivity contribution in [1.82, 2.24) is 9.97 Å². The number of aromatic nitrogens is 2. The average molecular weight is 361 g/mol. The third kappa shape index (κ3) is 4.57. The van der Waals surface area contributed by atoms with Gasteiger partial charge in [-0.3, -0.25) is 0 Å². The molecule has 0 aliphatic rings. The number of hydrogen-bond acceptors (Lipinski definition) is 6. The molecule has 0 spiro atoms. The van der Waals surface area contributed by atoms with Crippen molar-refractivity contribution in [3.63, 3.8) is 0 Å². The summed E-state index contributed by atoms with van der Waals surface area (Å²) in [6, 6.07) is 8.64. The Kier molecular flexibility index (Phi) is 6.14. The van der Waals surface area contributed by atoms with Crippen LogP contribution in [0.3, 0.4) is 0 Å². The highest BCUT2D eigenvalue weighted by Crippen LogP contribution is 2.20. The molecule has 1 heterocycles. The molecule has 2 rings (SSSR count). The van der Waals surface area contributed by atoms with Gasteiger partial charge >= 0.3 is 0 Å². The van der Waals surface area contributed by atoms with Crippen LogP contribution in [0.25, 0.3) is 6.08 Å². The minimum absolute atomic E-state index is 0.171. The van der Waals surface area contributed by atoms with Gasteiger partial charge in [-0.05, 0) is 37.6 Å². The first-order valence-corrected chi connectivity index (χ1v) is 9.70.